The fraction of sp³-hybridized carbons (Fsp3) is 0.281. The van der Waals surface area contributed by atoms with Gasteiger partial charge in [-0.3, -0.25) is 14.3 Å². The number of halogens is 4. The zero-order valence-corrected chi connectivity index (χ0v) is 27.3. The van der Waals surface area contributed by atoms with Crippen LogP contribution in [0, 0.1) is 25.2 Å². The average Bonchev–Trinajstić information content (AvgIpc) is 3.46. The predicted molar refractivity (Wildman–Crippen MR) is 177 cm³/mol. The minimum Gasteiger partial charge on any atom is -0.491 e. The molecular formula is C32H25ClF3N5O4S2. The van der Waals surface area contributed by atoms with Crippen LogP contribution in [0.4, 0.5) is 18.9 Å². The van der Waals surface area contributed by atoms with Gasteiger partial charge in [-0.1, -0.05) is 11.6 Å². The normalized spacial score (nSPS) is 13.7. The number of ether oxygens (including phenoxy) is 1. The van der Waals surface area contributed by atoms with Gasteiger partial charge in [0.1, 0.15) is 24.3 Å². The summed E-state index contributed by atoms with van der Waals surface area (Å²) in [6.07, 6.45) is -4.76. The van der Waals surface area contributed by atoms with Crippen molar-refractivity contribution in [3.63, 3.8) is 0 Å². The molecule has 0 bridgehead atoms. The third-order valence-corrected chi connectivity index (χ3v) is 10.0. The molecule has 1 fully saturated rings. The number of anilines is 1. The van der Waals surface area contributed by atoms with Gasteiger partial charge in [0.05, 0.1) is 50.0 Å². The number of alkyl halides is 3. The zero-order valence-electron chi connectivity index (χ0n) is 24.9. The summed E-state index contributed by atoms with van der Waals surface area (Å²) >= 11 is 9.20. The molecule has 47 heavy (non-hydrogen) atoms. The fourth-order valence-corrected chi connectivity index (χ4v) is 7.84. The number of nitrogens with zero attached hydrogens (tertiary/aromatic N) is 5. The van der Waals surface area contributed by atoms with Crippen molar-refractivity contribution in [2.75, 3.05) is 36.1 Å². The first-order valence-corrected chi connectivity index (χ1v) is 16.7. The molecule has 3 aromatic heterocycles. The van der Waals surface area contributed by atoms with Crippen LogP contribution in [0.25, 0.3) is 32.2 Å². The number of nitriles is 1. The standard InChI is InChI=1S/C32H25ClF3N5O4S2/c1-16-11-20(29-27(38-16)22(15-47-29)31(43)44)19-12-18(33)3-4-25(19)45-8-5-41-17(2)39-24-13-23(32(34,35)36)28(40-6-9-46-10-7-40)21(14-37)26(24)30(41)42/h3-4,11-13,15H,5-10H2,1-2H3,(H,43,44). The van der Waals surface area contributed by atoms with Crippen molar-refractivity contribution >= 4 is 67.5 Å². The molecule has 1 saturated heterocycles. The second kappa shape index (κ2) is 12.7. The summed E-state index contributed by atoms with van der Waals surface area (Å²) in [6, 6.07) is 9.55. The summed E-state index contributed by atoms with van der Waals surface area (Å²) in [6.45, 7) is 3.82. The van der Waals surface area contributed by atoms with E-state index in [-0.39, 0.29) is 46.7 Å². The van der Waals surface area contributed by atoms with Crippen molar-refractivity contribution in [1.82, 2.24) is 14.5 Å². The molecule has 9 nitrogen and oxygen atoms in total. The van der Waals surface area contributed by atoms with Crippen molar-refractivity contribution < 1.29 is 27.8 Å². The van der Waals surface area contributed by atoms with Crippen molar-refractivity contribution in [2.24, 2.45) is 0 Å². The van der Waals surface area contributed by atoms with E-state index >= 15 is 0 Å². The fourth-order valence-electron chi connectivity index (χ4n) is 5.76. The number of aromatic carboxylic acids is 1. The molecule has 2 aromatic carbocycles. The largest absolute Gasteiger partial charge is 0.491 e. The van der Waals surface area contributed by atoms with Crippen molar-refractivity contribution in [2.45, 2.75) is 26.6 Å². The lowest BCUT2D eigenvalue weighted by Crippen LogP contribution is -2.35. The molecule has 0 saturated carbocycles. The summed E-state index contributed by atoms with van der Waals surface area (Å²) in [7, 11) is 0. The predicted octanol–water partition coefficient (Wildman–Crippen LogP) is 7.16. The van der Waals surface area contributed by atoms with Crippen molar-refractivity contribution in [3.8, 4) is 22.9 Å². The van der Waals surface area contributed by atoms with Gasteiger partial charge in [0.2, 0.25) is 0 Å². The van der Waals surface area contributed by atoms with E-state index in [4.69, 9.17) is 16.3 Å². The van der Waals surface area contributed by atoms with E-state index in [1.54, 1.807) is 36.9 Å². The van der Waals surface area contributed by atoms with Crippen LogP contribution in [0.1, 0.15) is 33.0 Å². The molecule has 0 unspecified atom stereocenters. The van der Waals surface area contributed by atoms with Gasteiger partial charge in [-0.15, -0.1) is 11.3 Å². The molecule has 242 valence electrons. The van der Waals surface area contributed by atoms with Gasteiger partial charge >= 0.3 is 12.1 Å². The summed E-state index contributed by atoms with van der Waals surface area (Å²) in [5.41, 5.74) is -0.183. The molecule has 0 radical (unpaired) electrons. The Labute approximate surface area is 279 Å². The molecule has 4 heterocycles. The van der Waals surface area contributed by atoms with Gasteiger partial charge in [0, 0.05) is 51.8 Å². The highest BCUT2D eigenvalue weighted by Gasteiger charge is 2.38. The number of carbonyl (C=O) groups is 1. The van der Waals surface area contributed by atoms with E-state index in [1.807, 2.05) is 12.1 Å². The molecule has 0 amide bonds. The van der Waals surface area contributed by atoms with E-state index in [9.17, 15) is 33.1 Å². The number of rotatable bonds is 7. The number of thiophene rings is 1. The quantitative estimate of drug-likeness (QED) is 0.189. The molecule has 1 aliphatic heterocycles. The number of aromatic nitrogens is 3. The molecule has 5 aromatic rings. The van der Waals surface area contributed by atoms with Gasteiger partial charge in [-0.25, -0.2) is 9.78 Å². The maximum Gasteiger partial charge on any atom is 0.418 e. The Balaban J connectivity index is 1.39. The highest BCUT2D eigenvalue weighted by atomic mass is 35.5. The summed E-state index contributed by atoms with van der Waals surface area (Å²) in [5.74, 6) is 0.664. The number of carboxylic acid groups (broad SMARTS) is 1. The second-order valence-corrected chi connectivity index (χ2v) is 13.3. The Morgan fingerprint density at radius 2 is 1.89 bits per heavy atom. The van der Waals surface area contributed by atoms with Gasteiger partial charge in [-0.05, 0) is 44.2 Å². The third kappa shape index (κ3) is 6.10. The molecular weight excluding hydrogens is 675 g/mol. The van der Waals surface area contributed by atoms with E-state index in [1.165, 1.54) is 33.1 Å². The van der Waals surface area contributed by atoms with Gasteiger partial charge in [0.15, 0.2) is 0 Å². The minimum absolute atomic E-state index is 0.0236. The number of benzene rings is 2. The van der Waals surface area contributed by atoms with E-state index in [0.717, 1.165) is 6.07 Å². The number of hydrogen-bond donors (Lipinski definition) is 1. The van der Waals surface area contributed by atoms with Crippen molar-refractivity contribution in [3.05, 3.63) is 79.3 Å². The van der Waals surface area contributed by atoms with Crippen LogP contribution in [0.3, 0.4) is 0 Å². The Bertz CT molecular complexity index is 2170. The lowest BCUT2D eigenvalue weighted by atomic mass is 10.0. The first kappa shape index (κ1) is 32.6. The number of hydrogen-bond acceptors (Lipinski definition) is 9. The second-order valence-electron chi connectivity index (χ2n) is 10.8. The van der Waals surface area contributed by atoms with Crippen LogP contribution < -0.4 is 15.2 Å². The van der Waals surface area contributed by atoms with Crippen LogP contribution in [-0.2, 0) is 12.7 Å². The zero-order chi connectivity index (χ0) is 33.6. The van der Waals surface area contributed by atoms with Crippen LogP contribution in [0.2, 0.25) is 5.02 Å². The van der Waals surface area contributed by atoms with Gasteiger partial charge in [0.25, 0.3) is 5.56 Å². The number of pyridine rings is 1. The molecule has 0 aliphatic carbocycles. The Hall–Kier alpha value is -4.32. The lowest BCUT2D eigenvalue weighted by Gasteiger charge is -2.32. The maximum absolute atomic E-state index is 14.3. The maximum atomic E-state index is 14.3. The molecule has 1 aliphatic rings. The van der Waals surface area contributed by atoms with Crippen LogP contribution >= 0.6 is 34.7 Å². The molecule has 0 atom stereocenters. The topological polar surface area (TPSA) is 121 Å². The summed E-state index contributed by atoms with van der Waals surface area (Å²) in [5, 5.41) is 21.5. The number of carboxylic acids is 1. The van der Waals surface area contributed by atoms with Crippen LogP contribution in [0.5, 0.6) is 5.75 Å². The number of thioether (sulfide) groups is 1. The summed E-state index contributed by atoms with van der Waals surface area (Å²) in [4.78, 5) is 36.0. The Kier molecular flexibility index (Phi) is 8.82. The summed E-state index contributed by atoms with van der Waals surface area (Å²) < 4.78 is 50.9. The average molecular weight is 700 g/mol. The molecule has 6 rings (SSSR count). The smallest absolute Gasteiger partial charge is 0.418 e. The third-order valence-electron chi connectivity index (χ3n) is 7.84. The number of aryl methyl sites for hydroxylation is 2. The number of fused-ring (bicyclic) bond motifs is 2. The van der Waals surface area contributed by atoms with Crippen LogP contribution in [-0.4, -0.2) is 56.8 Å². The van der Waals surface area contributed by atoms with E-state index in [2.05, 4.69) is 9.97 Å². The van der Waals surface area contributed by atoms with E-state index < -0.39 is 23.3 Å². The van der Waals surface area contributed by atoms with Gasteiger partial charge in [-0.2, -0.15) is 30.2 Å². The molecule has 0 spiro atoms. The first-order valence-electron chi connectivity index (χ1n) is 14.3. The SMILES string of the molecule is Cc1cc(-c2cc(Cl)ccc2OCCn2c(C)nc3cc(C(F)(F)F)c(N4CCSCC4)c(C#N)c3c2=O)c2scc(C(=O)O)c2n1. The lowest BCUT2D eigenvalue weighted by molar-refractivity contribution is -0.137. The minimum atomic E-state index is -4.76. The van der Waals surface area contributed by atoms with Crippen LogP contribution in [0.15, 0.2) is 40.5 Å². The highest BCUT2D eigenvalue weighted by Crippen LogP contribution is 2.42. The van der Waals surface area contributed by atoms with E-state index in [0.29, 0.717) is 62.4 Å². The first-order chi connectivity index (χ1) is 22.4. The van der Waals surface area contributed by atoms with Crippen molar-refractivity contribution in [1.29, 1.82) is 5.26 Å². The Morgan fingerprint density at radius 3 is 2.57 bits per heavy atom. The monoisotopic (exact) mass is 699 g/mol. The molecule has 15 heteroatoms. The van der Waals surface area contributed by atoms with Gasteiger partial charge < -0.3 is 14.7 Å². The molecule has 1 N–H and O–H groups in total. The Morgan fingerprint density at radius 1 is 1.15 bits per heavy atom. The highest BCUT2D eigenvalue weighted by molar-refractivity contribution is 7.99.